The van der Waals surface area contributed by atoms with Crippen molar-refractivity contribution in [3.05, 3.63) is 29.3 Å². The molecule has 1 aromatic carbocycles. The van der Waals surface area contributed by atoms with Crippen molar-refractivity contribution in [2.45, 2.75) is 13.3 Å². The van der Waals surface area contributed by atoms with Crippen LogP contribution in [-0.4, -0.2) is 55.4 Å². The highest BCUT2D eigenvalue weighted by Gasteiger charge is 2.15. The lowest BCUT2D eigenvalue weighted by Crippen LogP contribution is -2.45. The fourth-order valence-electron chi connectivity index (χ4n) is 2.29. The van der Waals surface area contributed by atoms with Gasteiger partial charge in [0.05, 0.1) is 0 Å². The molecule has 1 aromatic rings. The van der Waals surface area contributed by atoms with E-state index in [1.54, 1.807) is 6.07 Å². The zero-order valence-electron chi connectivity index (χ0n) is 11.9. The third-order valence-electron chi connectivity index (χ3n) is 3.85. The Bertz CT molecular complexity index is 451. The van der Waals surface area contributed by atoms with Gasteiger partial charge in [-0.2, -0.15) is 0 Å². The van der Waals surface area contributed by atoms with Crippen LogP contribution >= 0.6 is 0 Å². The summed E-state index contributed by atoms with van der Waals surface area (Å²) < 4.78 is 0. The van der Waals surface area contributed by atoms with Gasteiger partial charge >= 0.3 is 0 Å². The Labute approximate surface area is 115 Å². The monoisotopic (exact) mass is 261 g/mol. The lowest BCUT2D eigenvalue weighted by Gasteiger charge is -2.32. The van der Waals surface area contributed by atoms with E-state index in [0.29, 0.717) is 12.1 Å². The molecule has 1 heterocycles. The normalized spacial score (nSPS) is 17.6. The van der Waals surface area contributed by atoms with Gasteiger partial charge in [0.15, 0.2) is 5.78 Å². The van der Waals surface area contributed by atoms with E-state index < -0.39 is 0 Å². The van der Waals surface area contributed by atoms with Gasteiger partial charge in [0.25, 0.3) is 0 Å². The molecule has 4 heteroatoms. The molecule has 0 bridgehead atoms. The van der Waals surface area contributed by atoms with E-state index in [1.807, 2.05) is 19.1 Å². The number of nitrogens with zero attached hydrogens (tertiary/aromatic N) is 2. The molecule has 1 aliphatic heterocycles. The molecule has 0 spiro atoms. The summed E-state index contributed by atoms with van der Waals surface area (Å²) in [5, 5.41) is 0. The van der Waals surface area contributed by atoms with E-state index in [2.05, 4.69) is 16.8 Å². The van der Waals surface area contributed by atoms with Gasteiger partial charge in [-0.3, -0.25) is 4.79 Å². The van der Waals surface area contributed by atoms with E-state index in [4.69, 9.17) is 5.73 Å². The van der Waals surface area contributed by atoms with Crippen LogP contribution in [0.15, 0.2) is 18.2 Å². The quantitative estimate of drug-likeness (QED) is 0.657. The number of anilines is 1. The fraction of sp³-hybridized carbons (Fsp3) is 0.533. The highest BCUT2D eigenvalue weighted by Crippen LogP contribution is 2.14. The van der Waals surface area contributed by atoms with Crippen LogP contribution in [0.2, 0.25) is 0 Å². The third-order valence-corrected chi connectivity index (χ3v) is 3.85. The topological polar surface area (TPSA) is 49.6 Å². The molecule has 1 saturated heterocycles. The average molecular weight is 261 g/mol. The van der Waals surface area contributed by atoms with Crippen LogP contribution in [0.3, 0.4) is 0 Å². The number of ketones is 1. The molecule has 0 amide bonds. The molecule has 0 aromatic heterocycles. The van der Waals surface area contributed by atoms with Crippen LogP contribution < -0.4 is 5.73 Å². The number of piperazine rings is 1. The van der Waals surface area contributed by atoms with Crippen LogP contribution in [0.1, 0.15) is 22.3 Å². The first-order valence-electron chi connectivity index (χ1n) is 6.86. The van der Waals surface area contributed by atoms with Crippen molar-refractivity contribution in [1.82, 2.24) is 9.80 Å². The van der Waals surface area contributed by atoms with Crippen molar-refractivity contribution in [1.29, 1.82) is 0 Å². The summed E-state index contributed by atoms with van der Waals surface area (Å²) in [6.45, 7) is 7.09. The molecule has 1 aliphatic rings. The molecule has 0 saturated carbocycles. The summed E-state index contributed by atoms with van der Waals surface area (Å²) >= 11 is 0. The summed E-state index contributed by atoms with van der Waals surface area (Å²) in [4.78, 5) is 16.8. The van der Waals surface area contributed by atoms with Gasteiger partial charge in [-0.25, -0.2) is 0 Å². The first-order chi connectivity index (χ1) is 9.06. The van der Waals surface area contributed by atoms with Crippen LogP contribution in [0.5, 0.6) is 0 Å². The average Bonchev–Trinajstić information content (AvgIpc) is 2.41. The van der Waals surface area contributed by atoms with E-state index in [-0.39, 0.29) is 5.78 Å². The van der Waals surface area contributed by atoms with Crippen LogP contribution in [0.4, 0.5) is 5.69 Å². The predicted molar refractivity (Wildman–Crippen MR) is 78.5 cm³/mol. The first-order valence-corrected chi connectivity index (χ1v) is 6.86. The molecule has 0 unspecified atom stereocenters. The van der Waals surface area contributed by atoms with Crippen molar-refractivity contribution >= 4 is 11.5 Å². The van der Waals surface area contributed by atoms with Crippen molar-refractivity contribution in [3.8, 4) is 0 Å². The first kappa shape index (κ1) is 14.0. The van der Waals surface area contributed by atoms with Crippen LogP contribution in [0.25, 0.3) is 0 Å². The number of rotatable bonds is 4. The molecule has 0 radical (unpaired) electrons. The van der Waals surface area contributed by atoms with Gasteiger partial charge < -0.3 is 15.5 Å². The minimum atomic E-state index is 0.186. The van der Waals surface area contributed by atoms with E-state index in [1.165, 1.54) is 0 Å². The number of Topliss-reactive ketones (excluding diaryl/α,β-unsaturated/α-hetero) is 1. The molecular weight excluding hydrogens is 238 g/mol. The fourth-order valence-corrected chi connectivity index (χ4v) is 2.29. The Morgan fingerprint density at radius 2 is 1.95 bits per heavy atom. The van der Waals surface area contributed by atoms with E-state index in [0.717, 1.165) is 43.9 Å². The predicted octanol–water partition coefficient (Wildman–Crippen LogP) is 1.40. The van der Waals surface area contributed by atoms with Gasteiger partial charge in [0, 0.05) is 50.4 Å². The SMILES string of the molecule is Cc1ccc(C(=O)CCN2CCN(C)CC2)cc1N. The van der Waals surface area contributed by atoms with Gasteiger partial charge in [0.2, 0.25) is 0 Å². The van der Waals surface area contributed by atoms with Gasteiger partial charge in [-0.15, -0.1) is 0 Å². The number of carbonyl (C=O) groups excluding carboxylic acids is 1. The van der Waals surface area contributed by atoms with Gasteiger partial charge in [0.1, 0.15) is 0 Å². The molecule has 104 valence electrons. The Balaban J connectivity index is 1.85. The molecular formula is C15H23N3O. The number of nitrogen functional groups attached to an aromatic ring is 1. The van der Waals surface area contributed by atoms with E-state index in [9.17, 15) is 4.79 Å². The second-order valence-corrected chi connectivity index (χ2v) is 5.39. The number of aryl methyl sites for hydroxylation is 1. The molecule has 0 aliphatic carbocycles. The van der Waals surface area contributed by atoms with E-state index >= 15 is 0 Å². The van der Waals surface area contributed by atoms with Gasteiger partial charge in [-0.05, 0) is 25.6 Å². The minimum Gasteiger partial charge on any atom is -0.398 e. The van der Waals surface area contributed by atoms with Crippen molar-refractivity contribution in [2.24, 2.45) is 0 Å². The highest BCUT2D eigenvalue weighted by molar-refractivity contribution is 5.97. The number of nitrogens with two attached hydrogens (primary N) is 1. The number of hydrogen-bond donors (Lipinski definition) is 1. The Kier molecular flexibility index (Phi) is 4.56. The third kappa shape index (κ3) is 3.78. The summed E-state index contributed by atoms with van der Waals surface area (Å²) in [7, 11) is 2.14. The lowest BCUT2D eigenvalue weighted by atomic mass is 10.0. The highest BCUT2D eigenvalue weighted by atomic mass is 16.1. The molecule has 2 rings (SSSR count). The second kappa shape index (κ2) is 6.17. The number of benzene rings is 1. The van der Waals surface area contributed by atoms with Crippen LogP contribution in [-0.2, 0) is 0 Å². The lowest BCUT2D eigenvalue weighted by molar-refractivity contribution is 0.0942. The molecule has 1 fully saturated rings. The van der Waals surface area contributed by atoms with Crippen molar-refractivity contribution < 1.29 is 4.79 Å². The maximum Gasteiger partial charge on any atom is 0.164 e. The smallest absolute Gasteiger partial charge is 0.164 e. The second-order valence-electron chi connectivity index (χ2n) is 5.39. The summed E-state index contributed by atoms with van der Waals surface area (Å²) in [5.74, 6) is 0.186. The summed E-state index contributed by atoms with van der Waals surface area (Å²) in [6, 6.07) is 5.58. The molecule has 4 nitrogen and oxygen atoms in total. The summed E-state index contributed by atoms with van der Waals surface area (Å²) in [5.41, 5.74) is 8.30. The maximum atomic E-state index is 12.1. The zero-order valence-corrected chi connectivity index (χ0v) is 11.9. The van der Waals surface area contributed by atoms with Crippen molar-refractivity contribution in [2.75, 3.05) is 45.5 Å². The Hall–Kier alpha value is -1.39. The minimum absolute atomic E-state index is 0.186. The summed E-state index contributed by atoms with van der Waals surface area (Å²) in [6.07, 6.45) is 0.576. The van der Waals surface area contributed by atoms with Gasteiger partial charge in [-0.1, -0.05) is 12.1 Å². The largest absolute Gasteiger partial charge is 0.398 e. The standard InChI is InChI=1S/C15H23N3O/c1-12-3-4-13(11-14(12)16)15(19)5-6-18-9-7-17(2)8-10-18/h3-4,11H,5-10,16H2,1-2H3. The zero-order chi connectivity index (χ0) is 13.8. The molecule has 19 heavy (non-hydrogen) atoms. The number of carbonyl (C=O) groups is 1. The van der Waals surface area contributed by atoms with Crippen molar-refractivity contribution in [3.63, 3.8) is 0 Å². The maximum absolute atomic E-state index is 12.1. The molecule has 2 N–H and O–H groups in total. The number of hydrogen-bond acceptors (Lipinski definition) is 4. The Morgan fingerprint density at radius 3 is 2.58 bits per heavy atom. The molecule has 0 atom stereocenters. The van der Waals surface area contributed by atoms with Crippen LogP contribution in [0, 0.1) is 6.92 Å². The Morgan fingerprint density at radius 1 is 1.26 bits per heavy atom. The number of likely N-dealkylation sites (N-methyl/N-ethyl adjacent to an activating group) is 1.